The third kappa shape index (κ3) is 5.70. The van der Waals surface area contributed by atoms with Crippen LogP contribution in [0.3, 0.4) is 0 Å². The summed E-state index contributed by atoms with van der Waals surface area (Å²) in [5, 5.41) is 5.45. The Morgan fingerprint density at radius 2 is 1.75 bits per heavy atom. The van der Waals surface area contributed by atoms with Crippen molar-refractivity contribution in [2.45, 2.75) is 31.2 Å². The van der Waals surface area contributed by atoms with Gasteiger partial charge in [-0.25, -0.2) is 8.78 Å². The van der Waals surface area contributed by atoms with Gasteiger partial charge in [0.05, 0.1) is 0 Å². The van der Waals surface area contributed by atoms with Gasteiger partial charge in [-0.1, -0.05) is 6.92 Å². The van der Waals surface area contributed by atoms with Crippen molar-refractivity contribution in [1.29, 1.82) is 0 Å². The Labute approximate surface area is 108 Å². The van der Waals surface area contributed by atoms with Gasteiger partial charge in [-0.05, 0) is 26.4 Å². The molecule has 0 aromatic rings. The van der Waals surface area contributed by atoms with E-state index in [1.165, 1.54) is 0 Å². The van der Waals surface area contributed by atoms with Crippen molar-refractivity contribution in [1.82, 2.24) is 10.6 Å². The molecule has 0 saturated carbocycles. The summed E-state index contributed by atoms with van der Waals surface area (Å²) in [5.74, 6) is -1.46. The minimum Gasteiger partial charge on any atom is -0.317 e. The van der Waals surface area contributed by atoms with Crippen LogP contribution < -0.4 is 10.6 Å². The molecule has 0 unspecified atom stereocenters. The van der Waals surface area contributed by atoms with Gasteiger partial charge in [0, 0.05) is 18.1 Å². The Hall–Kier alpha value is 0.480. The van der Waals surface area contributed by atoms with E-state index in [9.17, 15) is 8.78 Å². The Bertz CT molecular complexity index is 178. The Morgan fingerprint density at radius 3 is 2.12 bits per heavy atom. The van der Waals surface area contributed by atoms with Crippen LogP contribution in [0.5, 0.6) is 0 Å². The fraction of sp³-hybridized carbons (Fsp3) is 1.00. The summed E-state index contributed by atoms with van der Waals surface area (Å²) in [6.07, 6.45) is 0.227. The van der Waals surface area contributed by atoms with E-state index in [0.29, 0.717) is 6.54 Å². The standard InChI is InChI=1S/C10H22F2N2S2/c1-3-14-10(12,8-16)5-4-9(11,7-15)6-13-2/h13-16H,3-8H2,1-2H3/t9-,10-/m0/s1. The molecule has 0 fully saturated rings. The lowest BCUT2D eigenvalue weighted by atomic mass is 9.97. The quantitative estimate of drug-likeness (QED) is 0.380. The molecule has 0 heterocycles. The number of alkyl halides is 2. The summed E-state index contributed by atoms with van der Waals surface area (Å²) >= 11 is 7.92. The van der Waals surface area contributed by atoms with Crippen LogP contribution in [0.15, 0.2) is 0 Å². The van der Waals surface area contributed by atoms with Gasteiger partial charge < -0.3 is 5.32 Å². The van der Waals surface area contributed by atoms with Crippen molar-refractivity contribution in [3.05, 3.63) is 0 Å². The lowest BCUT2D eigenvalue weighted by Gasteiger charge is -2.29. The molecular weight excluding hydrogens is 250 g/mol. The normalized spacial score (nSPS) is 19.1. The van der Waals surface area contributed by atoms with E-state index < -0.39 is 11.5 Å². The maximum absolute atomic E-state index is 14.1. The minimum atomic E-state index is -1.59. The second-order valence-electron chi connectivity index (χ2n) is 3.99. The number of rotatable bonds is 9. The van der Waals surface area contributed by atoms with Gasteiger partial charge in [0.2, 0.25) is 0 Å². The van der Waals surface area contributed by atoms with E-state index in [1.54, 1.807) is 7.05 Å². The average molecular weight is 272 g/mol. The van der Waals surface area contributed by atoms with E-state index in [2.05, 4.69) is 35.9 Å². The number of thiol groups is 2. The molecule has 0 aliphatic carbocycles. The molecule has 2 atom stereocenters. The van der Waals surface area contributed by atoms with Crippen LogP contribution in [-0.4, -0.2) is 43.1 Å². The van der Waals surface area contributed by atoms with Crippen LogP contribution in [0.4, 0.5) is 8.78 Å². The van der Waals surface area contributed by atoms with Crippen LogP contribution in [0.1, 0.15) is 19.8 Å². The van der Waals surface area contributed by atoms with Gasteiger partial charge in [0.25, 0.3) is 0 Å². The molecule has 98 valence electrons. The van der Waals surface area contributed by atoms with Crippen molar-refractivity contribution in [2.24, 2.45) is 0 Å². The van der Waals surface area contributed by atoms with Gasteiger partial charge in [0.1, 0.15) is 5.67 Å². The SMILES string of the molecule is CCN[C@](F)(CS)CC[C@@](F)(CS)CNC. The monoisotopic (exact) mass is 272 g/mol. The number of nitrogens with one attached hydrogen (secondary N) is 2. The summed E-state index contributed by atoms with van der Waals surface area (Å²) in [4.78, 5) is 0. The third-order valence-electron chi connectivity index (χ3n) is 2.49. The van der Waals surface area contributed by atoms with Gasteiger partial charge in [-0.2, -0.15) is 25.3 Å². The van der Waals surface area contributed by atoms with Gasteiger partial charge in [-0.15, -0.1) is 0 Å². The average Bonchev–Trinajstić information content (AvgIpc) is 2.27. The Morgan fingerprint density at radius 1 is 1.12 bits per heavy atom. The molecular formula is C10H22F2N2S2. The number of hydrogen-bond donors (Lipinski definition) is 4. The Balaban J connectivity index is 4.26. The van der Waals surface area contributed by atoms with Crippen LogP contribution in [0.25, 0.3) is 0 Å². The molecule has 16 heavy (non-hydrogen) atoms. The molecule has 0 radical (unpaired) electrons. The maximum atomic E-state index is 14.1. The first kappa shape index (κ1) is 16.5. The number of halogens is 2. The second kappa shape index (κ2) is 7.74. The predicted octanol–water partition coefficient (Wildman–Crippen LogP) is 1.83. The van der Waals surface area contributed by atoms with Crippen LogP contribution in [0, 0.1) is 0 Å². The molecule has 0 aliphatic rings. The summed E-state index contributed by atoms with van der Waals surface area (Å²) < 4.78 is 28.1. The van der Waals surface area contributed by atoms with Crippen molar-refractivity contribution < 1.29 is 8.78 Å². The fourth-order valence-corrected chi connectivity index (χ4v) is 2.04. The first-order valence-corrected chi connectivity index (χ1v) is 6.71. The minimum absolute atomic E-state index is 0.0447. The molecule has 2 nitrogen and oxygen atoms in total. The van der Waals surface area contributed by atoms with Gasteiger partial charge >= 0.3 is 0 Å². The van der Waals surface area contributed by atoms with E-state index in [4.69, 9.17) is 0 Å². The molecule has 0 aliphatic heterocycles. The molecule has 0 amide bonds. The third-order valence-corrected chi connectivity index (χ3v) is 3.56. The highest BCUT2D eigenvalue weighted by Gasteiger charge is 2.34. The summed E-state index contributed by atoms with van der Waals surface area (Å²) in [5.41, 5.74) is -1.46. The summed E-state index contributed by atoms with van der Waals surface area (Å²) in [7, 11) is 1.67. The van der Waals surface area contributed by atoms with Crippen molar-refractivity contribution in [2.75, 3.05) is 31.6 Å². The zero-order valence-electron chi connectivity index (χ0n) is 9.89. The second-order valence-corrected chi connectivity index (χ2v) is 4.63. The zero-order valence-corrected chi connectivity index (χ0v) is 11.7. The van der Waals surface area contributed by atoms with Crippen molar-refractivity contribution >= 4 is 25.3 Å². The maximum Gasteiger partial charge on any atom is 0.170 e. The lowest BCUT2D eigenvalue weighted by molar-refractivity contribution is 0.0911. The summed E-state index contributed by atoms with van der Waals surface area (Å²) in [6, 6.07) is 0. The molecule has 0 saturated heterocycles. The Kier molecular flexibility index (Phi) is 7.97. The number of hydrogen-bond acceptors (Lipinski definition) is 4. The van der Waals surface area contributed by atoms with E-state index in [1.807, 2.05) is 6.92 Å². The topological polar surface area (TPSA) is 24.1 Å². The van der Waals surface area contributed by atoms with E-state index in [-0.39, 0.29) is 30.9 Å². The molecule has 2 N–H and O–H groups in total. The van der Waals surface area contributed by atoms with E-state index >= 15 is 0 Å². The molecule has 0 spiro atoms. The molecule has 0 rings (SSSR count). The molecule has 0 bridgehead atoms. The van der Waals surface area contributed by atoms with Crippen molar-refractivity contribution in [3.63, 3.8) is 0 Å². The van der Waals surface area contributed by atoms with E-state index in [0.717, 1.165) is 0 Å². The largest absolute Gasteiger partial charge is 0.317 e. The first-order chi connectivity index (χ1) is 7.45. The van der Waals surface area contributed by atoms with Crippen LogP contribution >= 0.6 is 25.3 Å². The summed E-state index contributed by atoms with van der Waals surface area (Å²) in [6.45, 7) is 2.50. The van der Waals surface area contributed by atoms with Crippen LogP contribution in [0.2, 0.25) is 0 Å². The lowest BCUT2D eigenvalue weighted by Crippen LogP contribution is -2.46. The highest BCUT2D eigenvalue weighted by molar-refractivity contribution is 7.80. The zero-order chi connectivity index (χ0) is 12.7. The molecule has 6 heteroatoms. The first-order valence-electron chi connectivity index (χ1n) is 5.44. The fourth-order valence-electron chi connectivity index (χ4n) is 1.50. The smallest absolute Gasteiger partial charge is 0.170 e. The van der Waals surface area contributed by atoms with Gasteiger partial charge in [0.15, 0.2) is 5.79 Å². The molecule has 0 aromatic heterocycles. The molecule has 0 aromatic carbocycles. The van der Waals surface area contributed by atoms with Crippen molar-refractivity contribution in [3.8, 4) is 0 Å². The van der Waals surface area contributed by atoms with Crippen LogP contribution in [-0.2, 0) is 0 Å². The predicted molar refractivity (Wildman–Crippen MR) is 72.2 cm³/mol. The highest BCUT2D eigenvalue weighted by atomic mass is 32.1. The van der Waals surface area contributed by atoms with Gasteiger partial charge in [-0.3, -0.25) is 5.32 Å². The highest BCUT2D eigenvalue weighted by Crippen LogP contribution is 2.26.